The minimum absolute atomic E-state index is 0.301. The van der Waals surface area contributed by atoms with Crippen molar-refractivity contribution in [3.8, 4) is 0 Å². The molecule has 1 aliphatic heterocycles. The molecule has 0 amide bonds. The molecule has 4 nitrogen and oxygen atoms in total. The lowest BCUT2D eigenvalue weighted by atomic mass is 10.1. The van der Waals surface area contributed by atoms with Gasteiger partial charge in [0.25, 0.3) is 0 Å². The molecule has 1 fully saturated rings. The lowest BCUT2D eigenvalue weighted by molar-refractivity contribution is 0.118. The number of aromatic nitrogens is 1. The van der Waals surface area contributed by atoms with Crippen molar-refractivity contribution >= 4 is 16.5 Å². The van der Waals surface area contributed by atoms with Gasteiger partial charge in [-0.2, -0.15) is 0 Å². The maximum Gasteiger partial charge on any atom is 0.185 e. The van der Waals surface area contributed by atoms with E-state index in [1.807, 2.05) is 11.3 Å². The van der Waals surface area contributed by atoms with Crippen LogP contribution in [0.2, 0.25) is 0 Å². The zero-order valence-corrected chi connectivity index (χ0v) is 14.6. The van der Waals surface area contributed by atoms with Gasteiger partial charge in [-0.3, -0.25) is 0 Å². The number of thiazole rings is 1. The fourth-order valence-electron chi connectivity index (χ4n) is 2.84. The number of likely N-dealkylation sites (N-methyl/N-ethyl adjacent to an activating group) is 1. The van der Waals surface area contributed by atoms with E-state index in [9.17, 15) is 0 Å². The first-order valence-corrected chi connectivity index (χ1v) is 9.02. The van der Waals surface area contributed by atoms with E-state index in [1.54, 1.807) is 0 Å². The fraction of sp³-hybridized carbons (Fsp3) is 0.812. The summed E-state index contributed by atoms with van der Waals surface area (Å²) in [6.45, 7) is 9.48. The topological polar surface area (TPSA) is 37.4 Å². The lowest BCUT2D eigenvalue weighted by Gasteiger charge is -2.26. The van der Waals surface area contributed by atoms with E-state index in [1.165, 1.54) is 17.0 Å². The molecule has 1 N–H and O–H groups in total. The second-order valence-electron chi connectivity index (χ2n) is 5.84. The van der Waals surface area contributed by atoms with E-state index in [2.05, 4.69) is 38.0 Å². The third-order valence-corrected chi connectivity index (χ3v) is 5.29. The Hall–Kier alpha value is -0.650. The number of nitrogens with zero attached hydrogens (tertiary/aromatic N) is 2. The number of aryl methyl sites for hydroxylation is 1. The van der Waals surface area contributed by atoms with Crippen molar-refractivity contribution in [2.24, 2.45) is 0 Å². The highest BCUT2D eigenvalue weighted by atomic mass is 32.1. The third kappa shape index (κ3) is 4.18. The molecule has 21 heavy (non-hydrogen) atoms. The van der Waals surface area contributed by atoms with Crippen LogP contribution in [0.4, 0.5) is 5.13 Å². The van der Waals surface area contributed by atoms with Gasteiger partial charge in [-0.25, -0.2) is 4.98 Å². The normalized spacial score (nSPS) is 21.9. The van der Waals surface area contributed by atoms with Crippen LogP contribution in [0.5, 0.6) is 0 Å². The first-order valence-electron chi connectivity index (χ1n) is 8.21. The van der Waals surface area contributed by atoms with Crippen molar-refractivity contribution in [2.75, 3.05) is 25.1 Å². The SMILES string of the molecule is CCCNCc1sc(N(C)C2CCOC2C)nc1CCC. The zero-order valence-electron chi connectivity index (χ0n) is 13.8. The summed E-state index contributed by atoms with van der Waals surface area (Å²) in [5.74, 6) is 0. The summed E-state index contributed by atoms with van der Waals surface area (Å²) in [6.07, 6.45) is 4.80. The monoisotopic (exact) mass is 311 g/mol. The number of ether oxygens (including phenoxy) is 1. The molecule has 0 aliphatic carbocycles. The third-order valence-electron chi connectivity index (χ3n) is 4.10. The Bertz CT molecular complexity index is 435. The quantitative estimate of drug-likeness (QED) is 0.748. The summed E-state index contributed by atoms with van der Waals surface area (Å²) in [5.41, 5.74) is 1.28. The Morgan fingerprint density at radius 3 is 2.81 bits per heavy atom. The van der Waals surface area contributed by atoms with E-state index < -0.39 is 0 Å². The number of rotatable bonds is 8. The van der Waals surface area contributed by atoms with Gasteiger partial charge in [0.15, 0.2) is 5.13 Å². The Morgan fingerprint density at radius 1 is 1.38 bits per heavy atom. The number of anilines is 1. The van der Waals surface area contributed by atoms with Crippen molar-refractivity contribution in [2.45, 2.75) is 65.1 Å². The van der Waals surface area contributed by atoms with Crippen LogP contribution in [-0.2, 0) is 17.7 Å². The Morgan fingerprint density at radius 2 is 2.19 bits per heavy atom. The van der Waals surface area contributed by atoms with Gasteiger partial charge < -0.3 is 15.0 Å². The highest BCUT2D eigenvalue weighted by Gasteiger charge is 2.29. The van der Waals surface area contributed by atoms with E-state index >= 15 is 0 Å². The number of hydrogen-bond donors (Lipinski definition) is 1. The van der Waals surface area contributed by atoms with Crippen LogP contribution in [0.3, 0.4) is 0 Å². The molecule has 1 aromatic rings. The average Bonchev–Trinajstić information content (AvgIpc) is 3.06. The molecule has 2 unspecified atom stereocenters. The lowest BCUT2D eigenvalue weighted by Crippen LogP contribution is -2.36. The molecule has 5 heteroatoms. The fourth-order valence-corrected chi connectivity index (χ4v) is 3.94. The molecule has 2 atom stereocenters. The maximum atomic E-state index is 5.69. The molecule has 0 aromatic carbocycles. The van der Waals surface area contributed by atoms with Gasteiger partial charge in [0.1, 0.15) is 0 Å². The summed E-state index contributed by atoms with van der Waals surface area (Å²) in [6, 6.07) is 0.460. The Labute approximate surface area is 132 Å². The predicted octanol–water partition coefficient (Wildman–Crippen LogP) is 3.21. The highest BCUT2D eigenvalue weighted by Crippen LogP contribution is 2.31. The maximum absolute atomic E-state index is 5.69. The molecule has 1 aromatic heterocycles. The summed E-state index contributed by atoms with van der Waals surface area (Å²) in [5, 5.41) is 4.66. The highest BCUT2D eigenvalue weighted by molar-refractivity contribution is 7.15. The largest absolute Gasteiger partial charge is 0.376 e. The molecule has 2 rings (SSSR count). The van der Waals surface area contributed by atoms with Crippen LogP contribution >= 0.6 is 11.3 Å². The van der Waals surface area contributed by atoms with E-state index in [-0.39, 0.29) is 0 Å². The van der Waals surface area contributed by atoms with Gasteiger partial charge in [-0.15, -0.1) is 11.3 Å². The standard InChI is InChI=1S/C16H29N3OS/c1-5-7-13-15(11-17-9-6-2)21-16(18-13)19(4)14-8-10-20-12(14)3/h12,14,17H,5-11H2,1-4H3. The minimum atomic E-state index is 0.301. The van der Waals surface area contributed by atoms with Crippen molar-refractivity contribution < 1.29 is 4.74 Å². The molecular weight excluding hydrogens is 282 g/mol. The van der Waals surface area contributed by atoms with E-state index in [4.69, 9.17) is 9.72 Å². The van der Waals surface area contributed by atoms with Gasteiger partial charge >= 0.3 is 0 Å². The predicted molar refractivity (Wildman–Crippen MR) is 90.3 cm³/mol. The van der Waals surface area contributed by atoms with Gasteiger partial charge in [0.05, 0.1) is 17.8 Å². The summed E-state index contributed by atoms with van der Waals surface area (Å²) in [4.78, 5) is 8.63. The summed E-state index contributed by atoms with van der Waals surface area (Å²) >= 11 is 1.84. The van der Waals surface area contributed by atoms with Crippen LogP contribution in [-0.4, -0.2) is 37.3 Å². The number of nitrogens with one attached hydrogen (secondary N) is 1. The smallest absolute Gasteiger partial charge is 0.185 e. The molecule has 2 heterocycles. The first-order chi connectivity index (χ1) is 10.2. The molecule has 1 aliphatic rings. The van der Waals surface area contributed by atoms with E-state index in [0.717, 1.165) is 44.1 Å². The van der Waals surface area contributed by atoms with Gasteiger partial charge in [-0.05, 0) is 32.7 Å². The summed E-state index contributed by atoms with van der Waals surface area (Å²) in [7, 11) is 2.16. The molecule has 120 valence electrons. The molecule has 1 saturated heterocycles. The van der Waals surface area contributed by atoms with E-state index in [0.29, 0.717) is 12.1 Å². The van der Waals surface area contributed by atoms with Crippen LogP contribution in [0.25, 0.3) is 0 Å². The molecule has 0 radical (unpaired) electrons. The van der Waals surface area contributed by atoms with Crippen molar-refractivity contribution in [3.05, 3.63) is 10.6 Å². The van der Waals surface area contributed by atoms with Crippen molar-refractivity contribution in [1.82, 2.24) is 10.3 Å². The second-order valence-corrected chi connectivity index (χ2v) is 6.90. The number of hydrogen-bond acceptors (Lipinski definition) is 5. The molecule has 0 bridgehead atoms. The van der Waals surface area contributed by atoms with Crippen LogP contribution in [0, 0.1) is 0 Å². The van der Waals surface area contributed by atoms with Crippen molar-refractivity contribution in [3.63, 3.8) is 0 Å². The Kier molecular flexibility index (Phi) is 6.45. The van der Waals surface area contributed by atoms with Gasteiger partial charge in [0.2, 0.25) is 0 Å². The zero-order chi connectivity index (χ0) is 15.2. The average molecular weight is 311 g/mol. The summed E-state index contributed by atoms with van der Waals surface area (Å²) < 4.78 is 5.69. The molecule has 0 saturated carbocycles. The van der Waals surface area contributed by atoms with Crippen LogP contribution in [0.15, 0.2) is 0 Å². The van der Waals surface area contributed by atoms with Gasteiger partial charge in [-0.1, -0.05) is 20.3 Å². The second kappa shape index (κ2) is 8.11. The minimum Gasteiger partial charge on any atom is -0.376 e. The molecule has 0 spiro atoms. The van der Waals surface area contributed by atoms with Crippen LogP contribution < -0.4 is 10.2 Å². The van der Waals surface area contributed by atoms with Crippen LogP contribution in [0.1, 0.15) is 50.6 Å². The molecular formula is C16H29N3OS. The first kappa shape index (κ1) is 16.7. The van der Waals surface area contributed by atoms with Crippen molar-refractivity contribution in [1.29, 1.82) is 0 Å². The Balaban J connectivity index is 2.09. The van der Waals surface area contributed by atoms with Gasteiger partial charge in [0, 0.05) is 25.1 Å².